The van der Waals surface area contributed by atoms with Crippen LogP contribution in [0.25, 0.3) is 0 Å². The summed E-state index contributed by atoms with van der Waals surface area (Å²) >= 11 is 1.69. The van der Waals surface area contributed by atoms with Crippen LogP contribution in [0.2, 0.25) is 0 Å². The van der Waals surface area contributed by atoms with Gasteiger partial charge >= 0.3 is 0 Å². The first-order valence-corrected chi connectivity index (χ1v) is 8.04. The van der Waals surface area contributed by atoms with Gasteiger partial charge in [0.25, 0.3) is 0 Å². The molecule has 1 N–H and O–H groups in total. The van der Waals surface area contributed by atoms with Gasteiger partial charge in [-0.3, -0.25) is 9.88 Å². The van der Waals surface area contributed by atoms with Crippen LogP contribution in [-0.4, -0.2) is 33.1 Å². The summed E-state index contributed by atoms with van der Waals surface area (Å²) in [5, 5.41) is 12.5. The zero-order chi connectivity index (χ0) is 15.3. The van der Waals surface area contributed by atoms with E-state index < -0.39 is 0 Å². The number of hydrogen-bond acceptors (Lipinski definition) is 5. The fourth-order valence-corrected chi connectivity index (χ4v) is 3.09. The highest BCUT2D eigenvalue weighted by atomic mass is 32.1. The van der Waals surface area contributed by atoms with Crippen LogP contribution >= 0.6 is 11.3 Å². The molecule has 0 amide bonds. The minimum absolute atomic E-state index is 0.0832. The van der Waals surface area contributed by atoms with E-state index in [1.165, 1.54) is 0 Å². The van der Waals surface area contributed by atoms with Crippen molar-refractivity contribution in [2.24, 2.45) is 0 Å². The van der Waals surface area contributed by atoms with E-state index in [-0.39, 0.29) is 12.0 Å². The zero-order valence-electron chi connectivity index (χ0n) is 12.9. The van der Waals surface area contributed by atoms with Crippen LogP contribution in [0.3, 0.4) is 0 Å². The smallest absolute Gasteiger partial charge is 0.107 e. The van der Waals surface area contributed by atoms with Crippen molar-refractivity contribution >= 4 is 11.3 Å². The molecule has 2 aromatic rings. The van der Waals surface area contributed by atoms with Crippen molar-refractivity contribution in [3.63, 3.8) is 0 Å². The summed E-state index contributed by atoms with van der Waals surface area (Å²) in [4.78, 5) is 11.1. The lowest BCUT2D eigenvalue weighted by Gasteiger charge is -2.20. The molecule has 4 nitrogen and oxygen atoms in total. The fraction of sp³-hybridized carbons (Fsp3) is 0.500. The van der Waals surface area contributed by atoms with E-state index in [0.717, 1.165) is 29.4 Å². The molecule has 2 aromatic heterocycles. The van der Waals surface area contributed by atoms with Crippen LogP contribution < -0.4 is 0 Å². The summed E-state index contributed by atoms with van der Waals surface area (Å²) in [5.74, 6) is 0. The Labute approximate surface area is 130 Å². The van der Waals surface area contributed by atoms with Crippen LogP contribution in [0.1, 0.15) is 37.0 Å². The maximum atomic E-state index is 9.25. The van der Waals surface area contributed by atoms with Crippen molar-refractivity contribution in [1.82, 2.24) is 14.9 Å². The van der Waals surface area contributed by atoms with Crippen LogP contribution in [0, 0.1) is 0 Å². The Bertz CT molecular complexity index is 548. The first-order chi connectivity index (χ1) is 9.99. The Balaban J connectivity index is 2.04. The minimum atomic E-state index is 0.0832. The first-order valence-electron chi connectivity index (χ1n) is 7.16. The van der Waals surface area contributed by atoms with E-state index in [4.69, 9.17) is 4.98 Å². The third-order valence-electron chi connectivity index (χ3n) is 3.22. The number of hydrogen-bond donors (Lipinski definition) is 1. The Morgan fingerprint density at radius 3 is 2.67 bits per heavy atom. The van der Waals surface area contributed by atoms with Crippen LogP contribution in [0.15, 0.2) is 29.9 Å². The molecular weight excluding hydrogens is 282 g/mol. The molecule has 5 heteroatoms. The molecule has 0 radical (unpaired) electrons. The van der Waals surface area contributed by atoms with Crippen molar-refractivity contribution in [1.29, 1.82) is 0 Å². The summed E-state index contributed by atoms with van der Waals surface area (Å²) < 4.78 is 0. The average Bonchev–Trinajstić information content (AvgIpc) is 2.89. The van der Waals surface area contributed by atoms with Crippen LogP contribution in [0.5, 0.6) is 0 Å². The molecule has 21 heavy (non-hydrogen) atoms. The topological polar surface area (TPSA) is 49.2 Å². The van der Waals surface area contributed by atoms with Gasteiger partial charge < -0.3 is 5.11 Å². The maximum absolute atomic E-state index is 9.25. The van der Waals surface area contributed by atoms with Gasteiger partial charge in [-0.15, -0.1) is 11.3 Å². The molecule has 2 heterocycles. The van der Waals surface area contributed by atoms with Crippen molar-refractivity contribution in [2.75, 3.05) is 13.2 Å². The van der Waals surface area contributed by atoms with Gasteiger partial charge in [-0.1, -0.05) is 26.8 Å². The molecular formula is C16H23N3OS. The van der Waals surface area contributed by atoms with E-state index in [9.17, 15) is 5.11 Å². The van der Waals surface area contributed by atoms with E-state index in [2.05, 4.69) is 42.1 Å². The molecule has 114 valence electrons. The lowest BCUT2D eigenvalue weighted by molar-refractivity contribution is 0.184. The predicted molar refractivity (Wildman–Crippen MR) is 86.3 cm³/mol. The number of pyridine rings is 1. The zero-order valence-corrected chi connectivity index (χ0v) is 13.7. The minimum Gasteiger partial charge on any atom is -0.395 e. The van der Waals surface area contributed by atoms with E-state index in [0.29, 0.717) is 6.54 Å². The average molecular weight is 305 g/mol. The summed E-state index contributed by atoms with van der Waals surface area (Å²) in [6.07, 6.45) is 3.64. The van der Waals surface area contributed by atoms with Gasteiger partial charge in [0.1, 0.15) is 5.01 Å². The maximum Gasteiger partial charge on any atom is 0.107 e. The quantitative estimate of drug-likeness (QED) is 0.891. The summed E-state index contributed by atoms with van der Waals surface area (Å²) in [6.45, 7) is 8.85. The molecule has 0 saturated heterocycles. The molecule has 0 saturated carbocycles. The largest absolute Gasteiger partial charge is 0.395 e. The number of thiazole rings is 1. The summed E-state index contributed by atoms with van der Waals surface area (Å²) in [5.41, 5.74) is 2.37. The molecule has 0 aliphatic carbocycles. The first kappa shape index (κ1) is 16.1. The van der Waals surface area contributed by atoms with Crippen molar-refractivity contribution in [3.8, 4) is 0 Å². The molecule has 0 aliphatic heterocycles. The van der Waals surface area contributed by atoms with Crippen molar-refractivity contribution < 1.29 is 5.11 Å². The lowest BCUT2D eigenvalue weighted by atomic mass is 9.93. The second-order valence-electron chi connectivity index (χ2n) is 6.17. The Hall–Kier alpha value is -1.30. The molecule has 0 atom stereocenters. The molecule has 0 bridgehead atoms. The lowest BCUT2D eigenvalue weighted by Crippen LogP contribution is -2.26. The third kappa shape index (κ3) is 4.88. The number of aromatic nitrogens is 2. The normalized spacial score (nSPS) is 12.0. The highest BCUT2D eigenvalue weighted by Gasteiger charge is 2.18. The highest BCUT2D eigenvalue weighted by molar-refractivity contribution is 7.09. The molecule has 0 fully saturated rings. The van der Waals surface area contributed by atoms with Gasteiger partial charge in [-0.05, 0) is 11.6 Å². The van der Waals surface area contributed by atoms with Crippen molar-refractivity contribution in [2.45, 2.75) is 39.3 Å². The molecule has 0 spiro atoms. The summed E-state index contributed by atoms with van der Waals surface area (Å²) in [6, 6.07) is 3.99. The third-order valence-corrected chi connectivity index (χ3v) is 4.06. The Morgan fingerprint density at radius 2 is 2.10 bits per heavy atom. The molecule has 0 aromatic carbocycles. The molecule has 0 unspecified atom stereocenters. The summed E-state index contributed by atoms with van der Waals surface area (Å²) in [7, 11) is 0. The predicted octanol–water partition coefficient (Wildman–Crippen LogP) is 2.83. The van der Waals surface area contributed by atoms with E-state index >= 15 is 0 Å². The van der Waals surface area contributed by atoms with E-state index in [1.54, 1.807) is 17.5 Å². The van der Waals surface area contributed by atoms with E-state index in [1.807, 2.05) is 12.3 Å². The standard InChI is InChI=1S/C16H23N3OS/c1-16(2,3)14-12-21-15(18-14)11-19(7-8-20)10-13-5-4-6-17-9-13/h4-6,9,12,20H,7-8,10-11H2,1-3H3. The van der Waals surface area contributed by atoms with Crippen LogP contribution in [0.4, 0.5) is 0 Å². The second kappa shape index (κ2) is 7.11. The Morgan fingerprint density at radius 1 is 1.29 bits per heavy atom. The van der Waals surface area contributed by atoms with Crippen LogP contribution in [-0.2, 0) is 18.5 Å². The number of aliphatic hydroxyl groups is 1. The number of rotatable bonds is 6. The second-order valence-corrected chi connectivity index (χ2v) is 7.11. The van der Waals surface area contributed by atoms with Gasteiger partial charge in [0.2, 0.25) is 0 Å². The van der Waals surface area contributed by atoms with Gasteiger partial charge in [0, 0.05) is 36.3 Å². The molecule has 0 aliphatic rings. The van der Waals surface area contributed by atoms with Gasteiger partial charge in [-0.2, -0.15) is 0 Å². The SMILES string of the molecule is CC(C)(C)c1csc(CN(CCO)Cc2cccnc2)n1. The Kier molecular flexibility index (Phi) is 5.45. The van der Waals surface area contributed by atoms with Gasteiger partial charge in [0.05, 0.1) is 18.8 Å². The van der Waals surface area contributed by atoms with Crippen molar-refractivity contribution in [3.05, 3.63) is 46.2 Å². The van der Waals surface area contributed by atoms with Gasteiger partial charge in [0.15, 0.2) is 0 Å². The number of aliphatic hydroxyl groups excluding tert-OH is 1. The highest BCUT2D eigenvalue weighted by Crippen LogP contribution is 2.24. The molecule has 2 rings (SSSR count). The number of nitrogens with zero attached hydrogens (tertiary/aromatic N) is 3. The monoisotopic (exact) mass is 305 g/mol. The van der Waals surface area contributed by atoms with Gasteiger partial charge in [-0.25, -0.2) is 4.98 Å². The fourth-order valence-electron chi connectivity index (χ4n) is 2.02.